The number of aryl methyl sites for hydroxylation is 1. The number of hydrogen-bond donors (Lipinski definition) is 2. The Morgan fingerprint density at radius 3 is 2.93 bits per heavy atom. The van der Waals surface area contributed by atoms with Gasteiger partial charge in [-0.05, 0) is 13.8 Å². The van der Waals surface area contributed by atoms with Gasteiger partial charge >= 0.3 is 0 Å². The molecule has 5 heteroatoms. The van der Waals surface area contributed by atoms with Crippen molar-refractivity contribution in [2.75, 3.05) is 25.0 Å². The summed E-state index contributed by atoms with van der Waals surface area (Å²) in [5, 5.41) is 3.01. The number of hydrogen-bond acceptors (Lipinski definition) is 5. The molecule has 14 heavy (non-hydrogen) atoms. The molecule has 0 aliphatic heterocycles. The summed E-state index contributed by atoms with van der Waals surface area (Å²) in [6, 6.07) is 1.80. The summed E-state index contributed by atoms with van der Waals surface area (Å²) in [5.74, 6) is 1.17. The monoisotopic (exact) mass is 196 g/mol. The third-order valence-electron chi connectivity index (χ3n) is 1.55. The molecule has 0 fully saturated rings. The van der Waals surface area contributed by atoms with E-state index in [9.17, 15) is 0 Å². The Hall–Kier alpha value is -1.36. The van der Waals surface area contributed by atoms with Crippen LogP contribution < -0.4 is 15.8 Å². The van der Waals surface area contributed by atoms with Crippen LogP contribution in [0.25, 0.3) is 0 Å². The lowest BCUT2D eigenvalue weighted by atomic mass is 10.4. The fourth-order valence-electron chi connectivity index (χ4n) is 1.02. The fraction of sp³-hybridized carbons (Fsp3) is 0.556. The molecular weight excluding hydrogens is 180 g/mol. The van der Waals surface area contributed by atoms with Crippen LogP contribution >= 0.6 is 0 Å². The summed E-state index contributed by atoms with van der Waals surface area (Å²) in [6.07, 6.45) is 0. The topological polar surface area (TPSA) is 73.1 Å². The molecule has 0 saturated heterocycles. The molecule has 1 heterocycles. The zero-order valence-electron chi connectivity index (χ0n) is 8.58. The lowest BCUT2D eigenvalue weighted by Gasteiger charge is -2.07. The van der Waals surface area contributed by atoms with Crippen molar-refractivity contribution in [1.29, 1.82) is 0 Å². The van der Waals surface area contributed by atoms with Gasteiger partial charge in [-0.15, -0.1) is 0 Å². The molecule has 1 rings (SSSR count). The van der Waals surface area contributed by atoms with E-state index >= 15 is 0 Å². The molecule has 0 amide bonds. The van der Waals surface area contributed by atoms with Gasteiger partial charge in [0.1, 0.15) is 0 Å². The van der Waals surface area contributed by atoms with Crippen molar-refractivity contribution in [3.63, 3.8) is 0 Å². The number of anilines is 1. The van der Waals surface area contributed by atoms with Crippen molar-refractivity contribution in [1.82, 2.24) is 9.97 Å². The molecule has 1 aromatic heterocycles. The highest BCUT2D eigenvalue weighted by molar-refractivity contribution is 5.30. The molecule has 0 saturated carbocycles. The minimum atomic E-state index is 0.557. The summed E-state index contributed by atoms with van der Waals surface area (Å²) < 4.78 is 5.28. The molecule has 0 aliphatic rings. The molecule has 78 valence electrons. The van der Waals surface area contributed by atoms with Crippen LogP contribution in [0.4, 0.5) is 5.95 Å². The minimum absolute atomic E-state index is 0.557. The normalized spacial score (nSPS) is 9.93. The van der Waals surface area contributed by atoms with E-state index in [-0.39, 0.29) is 0 Å². The third kappa shape index (κ3) is 3.18. The molecule has 0 radical (unpaired) electrons. The Labute approximate surface area is 83.7 Å². The molecule has 1 aromatic rings. The lowest BCUT2D eigenvalue weighted by molar-refractivity contribution is 0.326. The van der Waals surface area contributed by atoms with Crippen LogP contribution in [0.15, 0.2) is 6.07 Å². The number of nitrogens with two attached hydrogens (primary N) is 1. The smallest absolute Gasteiger partial charge is 0.226 e. The molecule has 0 aliphatic carbocycles. The van der Waals surface area contributed by atoms with Crippen LogP contribution in [-0.2, 0) is 0 Å². The van der Waals surface area contributed by atoms with Crippen molar-refractivity contribution >= 4 is 5.95 Å². The van der Waals surface area contributed by atoms with Gasteiger partial charge in [-0.25, -0.2) is 4.98 Å². The second kappa shape index (κ2) is 5.39. The zero-order valence-corrected chi connectivity index (χ0v) is 8.58. The Morgan fingerprint density at radius 2 is 2.29 bits per heavy atom. The van der Waals surface area contributed by atoms with Crippen LogP contribution in [0.1, 0.15) is 12.6 Å². The Morgan fingerprint density at radius 1 is 1.50 bits per heavy atom. The molecule has 3 N–H and O–H groups in total. The standard InChI is InChI=1S/C9H16N4O/c1-3-14-8-6-7(2)12-9(13-8)11-5-4-10/h6H,3-5,10H2,1-2H3,(H,11,12,13). The highest BCUT2D eigenvalue weighted by Crippen LogP contribution is 2.11. The van der Waals surface area contributed by atoms with E-state index in [0.29, 0.717) is 31.5 Å². The van der Waals surface area contributed by atoms with E-state index in [1.165, 1.54) is 0 Å². The van der Waals surface area contributed by atoms with E-state index in [4.69, 9.17) is 10.5 Å². The molecular formula is C9H16N4O. The molecule has 0 unspecified atom stereocenters. The highest BCUT2D eigenvalue weighted by atomic mass is 16.5. The van der Waals surface area contributed by atoms with Gasteiger partial charge in [0.05, 0.1) is 6.61 Å². The third-order valence-corrected chi connectivity index (χ3v) is 1.55. The first-order chi connectivity index (χ1) is 6.76. The van der Waals surface area contributed by atoms with Gasteiger partial charge in [-0.1, -0.05) is 0 Å². The maximum absolute atomic E-state index is 5.36. The van der Waals surface area contributed by atoms with Gasteiger partial charge in [-0.2, -0.15) is 4.98 Å². The van der Waals surface area contributed by atoms with E-state index in [1.54, 1.807) is 6.07 Å². The van der Waals surface area contributed by atoms with Gasteiger partial charge in [0.2, 0.25) is 11.8 Å². The average molecular weight is 196 g/mol. The second-order valence-electron chi connectivity index (χ2n) is 2.82. The van der Waals surface area contributed by atoms with Gasteiger partial charge in [0.15, 0.2) is 0 Å². The van der Waals surface area contributed by atoms with Crippen molar-refractivity contribution < 1.29 is 4.74 Å². The van der Waals surface area contributed by atoms with Crippen molar-refractivity contribution in [3.8, 4) is 5.88 Å². The molecule has 0 aromatic carbocycles. The zero-order chi connectivity index (χ0) is 10.4. The molecule has 0 bridgehead atoms. The average Bonchev–Trinajstić information content (AvgIpc) is 2.14. The van der Waals surface area contributed by atoms with Gasteiger partial charge in [-0.3, -0.25) is 0 Å². The Balaban J connectivity index is 2.73. The van der Waals surface area contributed by atoms with Crippen molar-refractivity contribution in [2.24, 2.45) is 5.73 Å². The number of rotatable bonds is 5. The first-order valence-electron chi connectivity index (χ1n) is 4.68. The van der Waals surface area contributed by atoms with E-state index < -0.39 is 0 Å². The predicted octanol–water partition coefficient (Wildman–Crippen LogP) is 0.554. The maximum atomic E-state index is 5.36. The van der Waals surface area contributed by atoms with Gasteiger partial charge in [0.25, 0.3) is 0 Å². The predicted molar refractivity (Wildman–Crippen MR) is 55.5 cm³/mol. The molecule has 0 spiro atoms. The summed E-state index contributed by atoms with van der Waals surface area (Å²) in [5.41, 5.74) is 6.24. The number of nitrogens with zero attached hydrogens (tertiary/aromatic N) is 2. The quantitative estimate of drug-likeness (QED) is 0.719. The summed E-state index contributed by atoms with van der Waals surface area (Å²) in [6.45, 7) is 5.64. The van der Waals surface area contributed by atoms with Crippen molar-refractivity contribution in [2.45, 2.75) is 13.8 Å². The maximum Gasteiger partial charge on any atom is 0.226 e. The number of nitrogens with one attached hydrogen (secondary N) is 1. The first kappa shape index (κ1) is 10.7. The first-order valence-corrected chi connectivity index (χ1v) is 4.68. The fourth-order valence-corrected chi connectivity index (χ4v) is 1.02. The minimum Gasteiger partial charge on any atom is -0.478 e. The molecule has 0 atom stereocenters. The van der Waals surface area contributed by atoms with E-state index in [1.807, 2.05) is 13.8 Å². The van der Waals surface area contributed by atoms with Crippen LogP contribution in [0.2, 0.25) is 0 Å². The van der Waals surface area contributed by atoms with Gasteiger partial charge < -0.3 is 15.8 Å². The largest absolute Gasteiger partial charge is 0.478 e. The van der Waals surface area contributed by atoms with Crippen LogP contribution in [0.3, 0.4) is 0 Å². The summed E-state index contributed by atoms with van der Waals surface area (Å²) in [7, 11) is 0. The summed E-state index contributed by atoms with van der Waals surface area (Å²) in [4.78, 5) is 8.36. The van der Waals surface area contributed by atoms with Crippen LogP contribution in [0.5, 0.6) is 5.88 Å². The van der Waals surface area contributed by atoms with Crippen LogP contribution in [-0.4, -0.2) is 29.7 Å². The number of ether oxygens (including phenoxy) is 1. The lowest BCUT2D eigenvalue weighted by Crippen LogP contribution is -2.15. The van der Waals surface area contributed by atoms with Crippen molar-refractivity contribution in [3.05, 3.63) is 11.8 Å². The van der Waals surface area contributed by atoms with E-state index in [0.717, 1.165) is 5.69 Å². The highest BCUT2D eigenvalue weighted by Gasteiger charge is 2.01. The Bertz CT molecular complexity index is 290. The van der Waals surface area contributed by atoms with E-state index in [2.05, 4.69) is 15.3 Å². The molecule has 5 nitrogen and oxygen atoms in total. The van der Waals surface area contributed by atoms with Gasteiger partial charge in [0, 0.05) is 24.8 Å². The Kier molecular flexibility index (Phi) is 4.12. The van der Waals surface area contributed by atoms with Crippen LogP contribution in [0, 0.1) is 6.92 Å². The SMILES string of the molecule is CCOc1cc(C)nc(NCCN)n1. The number of aromatic nitrogens is 2. The second-order valence-corrected chi connectivity index (χ2v) is 2.82. The summed E-state index contributed by atoms with van der Waals surface area (Å²) >= 11 is 0.